The lowest BCUT2D eigenvalue weighted by molar-refractivity contribution is 0.0161. The van der Waals surface area contributed by atoms with Crippen LogP contribution in [0.1, 0.15) is 54.6 Å². The van der Waals surface area contributed by atoms with Gasteiger partial charge in [0.2, 0.25) is 0 Å². The van der Waals surface area contributed by atoms with Crippen molar-refractivity contribution in [2.75, 3.05) is 7.11 Å². The van der Waals surface area contributed by atoms with Crippen LogP contribution in [0.3, 0.4) is 0 Å². The van der Waals surface area contributed by atoms with Crippen molar-refractivity contribution in [3.63, 3.8) is 0 Å². The van der Waals surface area contributed by atoms with Crippen molar-refractivity contribution >= 4 is 26.7 Å². The number of pyridine rings is 1. The molecule has 2 heterocycles. The Kier molecular flexibility index (Phi) is 6.44. The van der Waals surface area contributed by atoms with Crippen molar-refractivity contribution in [2.24, 2.45) is 11.8 Å². The van der Waals surface area contributed by atoms with E-state index >= 15 is 0 Å². The first-order valence-electron chi connectivity index (χ1n) is 11.9. The lowest BCUT2D eigenvalue weighted by Crippen LogP contribution is -2.38. The van der Waals surface area contributed by atoms with Gasteiger partial charge in [-0.1, -0.05) is 12.1 Å². The number of carbonyl (C=O) groups excluding carboxylic acids is 1. The summed E-state index contributed by atoms with van der Waals surface area (Å²) in [5.74, 6) is 0.952. The molecule has 5 rings (SSSR count). The molecule has 2 aliphatic rings. The van der Waals surface area contributed by atoms with E-state index in [9.17, 15) is 13.2 Å². The van der Waals surface area contributed by atoms with Crippen LogP contribution in [0.25, 0.3) is 11.0 Å². The lowest BCUT2D eigenvalue weighted by atomic mass is 9.70. The van der Waals surface area contributed by atoms with Gasteiger partial charge in [-0.25, -0.2) is 8.42 Å². The van der Waals surface area contributed by atoms with Crippen molar-refractivity contribution in [1.82, 2.24) is 10.3 Å². The van der Waals surface area contributed by atoms with Gasteiger partial charge in [0.1, 0.15) is 0 Å². The van der Waals surface area contributed by atoms with E-state index in [-0.39, 0.29) is 23.5 Å². The Labute approximate surface area is 199 Å². The number of hydrogen-bond donors (Lipinski definition) is 1. The van der Waals surface area contributed by atoms with Crippen molar-refractivity contribution in [2.45, 2.75) is 61.3 Å². The van der Waals surface area contributed by atoms with E-state index in [1.165, 1.54) is 0 Å². The second-order valence-electron chi connectivity index (χ2n) is 9.52. The zero-order chi connectivity index (χ0) is 23.7. The summed E-state index contributed by atoms with van der Waals surface area (Å²) in [4.78, 5) is 16.8. The van der Waals surface area contributed by atoms with Gasteiger partial charge >= 0.3 is 0 Å². The average molecular weight is 483 g/mol. The predicted molar refractivity (Wildman–Crippen MR) is 128 cm³/mol. The highest BCUT2D eigenvalue weighted by Crippen LogP contribution is 2.44. The molecular formula is C26H30N2O5S. The van der Waals surface area contributed by atoms with Gasteiger partial charge < -0.3 is 14.5 Å². The Morgan fingerprint density at radius 3 is 2.62 bits per heavy atom. The molecule has 0 bridgehead atoms. The van der Waals surface area contributed by atoms with Gasteiger partial charge in [0, 0.05) is 25.2 Å². The van der Waals surface area contributed by atoms with Crippen LogP contribution in [0.2, 0.25) is 0 Å². The highest BCUT2D eigenvalue weighted by atomic mass is 32.2. The summed E-state index contributed by atoms with van der Waals surface area (Å²) in [6.07, 6.45) is 9.08. The zero-order valence-corrected chi connectivity index (χ0v) is 20.1. The number of amides is 1. The number of benzene rings is 1. The van der Waals surface area contributed by atoms with E-state index in [1.807, 2.05) is 0 Å². The summed E-state index contributed by atoms with van der Waals surface area (Å²) in [6, 6.07) is 10.3. The summed E-state index contributed by atoms with van der Waals surface area (Å²) in [7, 11) is -1.61. The van der Waals surface area contributed by atoms with Crippen molar-refractivity contribution in [3.8, 4) is 0 Å². The molecule has 7 nitrogen and oxygen atoms in total. The molecular weight excluding hydrogens is 452 g/mol. The van der Waals surface area contributed by atoms with Gasteiger partial charge in [-0.2, -0.15) is 0 Å². The molecule has 180 valence electrons. The second kappa shape index (κ2) is 9.50. The topological polar surface area (TPSA) is 98.5 Å². The third-order valence-electron chi connectivity index (χ3n) is 7.54. The van der Waals surface area contributed by atoms with Crippen LogP contribution in [0, 0.1) is 11.8 Å². The molecule has 2 aromatic heterocycles. The van der Waals surface area contributed by atoms with E-state index in [1.54, 1.807) is 55.9 Å². The molecule has 0 saturated heterocycles. The normalized spacial score (nSPS) is 25.1. The number of hydrogen-bond acceptors (Lipinski definition) is 6. The number of methoxy groups -OCH3 is 1. The molecule has 2 saturated carbocycles. The molecule has 4 atom stereocenters. The largest absolute Gasteiger partial charge is 0.449 e. The van der Waals surface area contributed by atoms with Crippen LogP contribution in [0.4, 0.5) is 0 Å². The highest BCUT2D eigenvalue weighted by molar-refractivity contribution is 7.92. The van der Waals surface area contributed by atoms with Crippen molar-refractivity contribution in [3.05, 3.63) is 60.1 Å². The van der Waals surface area contributed by atoms with Crippen LogP contribution in [0.5, 0.6) is 0 Å². The van der Waals surface area contributed by atoms with E-state index in [0.717, 1.165) is 43.1 Å². The zero-order valence-electron chi connectivity index (χ0n) is 19.3. The van der Waals surface area contributed by atoms with E-state index in [4.69, 9.17) is 9.15 Å². The third-order valence-corrected chi connectivity index (χ3v) is 9.78. The number of furan rings is 1. The van der Waals surface area contributed by atoms with Crippen molar-refractivity contribution in [1.29, 1.82) is 0 Å². The molecule has 34 heavy (non-hydrogen) atoms. The number of ether oxygens (including phenoxy) is 1. The average Bonchev–Trinajstić information content (AvgIpc) is 3.31. The Morgan fingerprint density at radius 2 is 1.85 bits per heavy atom. The first kappa shape index (κ1) is 23.1. The van der Waals surface area contributed by atoms with E-state index in [2.05, 4.69) is 10.3 Å². The summed E-state index contributed by atoms with van der Waals surface area (Å²) >= 11 is 0. The van der Waals surface area contributed by atoms with Gasteiger partial charge in [-0.05, 0) is 80.2 Å². The van der Waals surface area contributed by atoms with E-state index < -0.39 is 9.84 Å². The van der Waals surface area contributed by atoms with Gasteiger partial charge in [0.25, 0.3) is 5.91 Å². The van der Waals surface area contributed by atoms with Crippen molar-refractivity contribution < 1.29 is 22.4 Å². The van der Waals surface area contributed by atoms with E-state index in [0.29, 0.717) is 34.8 Å². The van der Waals surface area contributed by atoms with Gasteiger partial charge in [-0.15, -0.1) is 0 Å². The summed E-state index contributed by atoms with van der Waals surface area (Å²) < 4.78 is 37.7. The van der Waals surface area contributed by atoms with Gasteiger partial charge in [0.15, 0.2) is 21.2 Å². The molecule has 4 unspecified atom stereocenters. The second-order valence-corrected chi connectivity index (χ2v) is 11.7. The molecule has 1 amide bonds. The predicted octanol–water partition coefficient (Wildman–Crippen LogP) is 4.52. The molecule has 3 aromatic rings. The maximum Gasteiger partial charge on any atom is 0.287 e. The Balaban J connectivity index is 1.20. The minimum absolute atomic E-state index is 0.220. The van der Waals surface area contributed by atoms with Crippen LogP contribution in [-0.2, 0) is 21.1 Å². The summed E-state index contributed by atoms with van der Waals surface area (Å²) in [5, 5.41) is 3.32. The van der Waals surface area contributed by atoms with Crippen LogP contribution < -0.4 is 5.32 Å². The Bertz CT molecular complexity index is 1230. The van der Waals surface area contributed by atoms with Gasteiger partial charge in [-0.3, -0.25) is 9.78 Å². The minimum atomic E-state index is -3.38. The van der Waals surface area contributed by atoms with Crippen LogP contribution in [0.15, 0.2) is 58.1 Å². The Hall–Kier alpha value is -2.71. The molecule has 1 N–H and O–H groups in total. The SMILES string of the molecule is COC1CCC2CC(S(=O)(=O)c3ccc(CNC(=O)c4cc5ccncc5o4)cc3)CCC2C1. The molecule has 1 aromatic carbocycles. The number of carbonyl (C=O) groups is 1. The molecule has 0 aliphatic heterocycles. The fourth-order valence-electron chi connectivity index (χ4n) is 5.55. The smallest absolute Gasteiger partial charge is 0.287 e. The molecule has 0 radical (unpaired) electrons. The molecule has 8 heteroatoms. The maximum absolute atomic E-state index is 13.3. The standard InChI is InChI=1S/C26H30N2O5S/c1-32-21-6-4-19-13-23(9-5-18(19)12-21)34(30,31)22-7-2-17(3-8-22)15-28-26(29)24-14-20-10-11-27-16-25(20)33-24/h2-3,7-8,10-11,14,16,18-19,21,23H,4-6,9,12-13,15H2,1H3,(H,28,29). The molecule has 2 fully saturated rings. The first-order chi connectivity index (χ1) is 16.4. The molecule has 0 spiro atoms. The Morgan fingerprint density at radius 1 is 1.09 bits per heavy atom. The fourth-order valence-corrected chi connectivity index (χ4v) is 7.40. The molecule has 2 aliphatic carbocycles. The fraction of sp³-hybridized carbons (Fsp3) is 0.462. The highest BCUT2D eigenvalue weighted by Gasteiger charge is 2.40. The lowest BCUT2D eigenvalue weighted by Gasteiger charge is -2.41. The number of nitrogens with one attached hydrogen (secondary N) is 1. The number of nitrogens with zero attached hydrogens (tertiary/aromatic N) is 1. The maximum atomic E-state index is 13.3. The third kappa shape index (κ3) is 4.61. The number of sulfone groups is 1. The number of rotatable bonds is 6. The number of aromatic nitrogens is 1. The summed E-state index contributed by atoms with van der Waals surface area (Å²) in [6.45, 7) is 0.280. The number of fused-ring (bicyclic) bond motifs is 2. The van der Waals surface area contributed by atoms with Gasteiger partial charge in [0.05, 0.1) is 22.4 Å². The minimum Gasteiger partial charge on any atom is -0.449 e. The summed E-state index contributed by atoms with van der Waals surface area (Å²) in [5.41, 5.74) is 1.38. The first-order valence-corrected chi connectivity index (χ1v) is 13.5. The van der Waals surface area contributed by atoms with Crippen LogP contribution in [-0.4, -0.2) is 37.8 Å². The van der Waals surface area contributed by atoms with Crippen LogP contribution >= 0.6 is 0 Å². The quantitative estimate of drug-likeness (QED) is 0.555. The monoisotopic (exact) mass is 482 g/mol.